The molecule has 0 saturated carbocycles. The molecule has 0 aliphatic carbocycles. The highest BCUT2D eigenvalue weighted by molar-refractivity contribution is 5.96. The van der Waals surface area contributed by atoms with Crippen molar-refractivity contribution in [3.8, 4) is 5.75 Å². The van der Waals surface area contributed by atoms with Crippen molar-refractivity contribution in [3.05, 3.63) is 64.7 Å². The number of aliphatic carboxylic acids is 1. The van der Waals surface area contributed by atoms with E-state index in [2.05, 4.69) is 0 Å². The zero-order chi connectivity index (χ0) is 18.6. The number of amides is 1. The van der Waals surface area contributed by atoms with Gasteiger partial charge in [0.05, 0.1) is 7.11 Å². The molecule has 0 radical (unpaired) electrons. The van der Waals surface area contributed by atoms with Crippen LogP contribution in [-0.2, 0) is 11.2 Å². The van der Waals surface area contributed by atoms with E-state index >= 15 is 0 Å². The first-order valence-corrected chi connectivity index (χ1v) is 8.03. The van der Waals surface area contributed by atoms with E-state index in [1.807, 2.05) is 32.0 Å². The predicted octanol–water partition coefficient (Wildman–Crippen LogP) is 3.08. The van der Waals surface area contributed by atoms with E-state index in [0.717, 1.165) is 16.7 Å². The van der Waals surface area contributed by atoms with Gasteiger partial charge in [-0.3, -0.25) is 4.79 Å². The molecule has 0 heterocycles. The van der Waals surface area contributed by atoms with Crippen molar-refractivity contribution in [3.63, 3.8) is 0 Å². The zero-order valence-corrected chi connectivity index (χ0v) is 14.9. The maximum Gasteiger partial charge on any atom is 0.326 e. The van der Waals surface area contributed by atoms with E-state index in [9.17, 15) is 14.7 Å². The molecule has 0 aromatic heterocycles. The van der Waals surface area contributed by atoms with E-state index in [4.69, 9.17) is 4.74 Å². The quantitative estimate of drug-likeness (QED) is 0.877. The Kier molecular flexibility index (Phi) is 5.80. The molecule has 0 saturated heterocycles. The van der Waals surface area contributed by atoms with Crippen LogP contribution >= 0.6 is 0 Å². The van der Waals surface area contributed by atoms with Crippen LogP contribution in [0.15, 0.2) is 42.5 Å². The van der Waals surface area contributed by atoms with Crippen LogP contribution in [0.2, 0.25) is 0 Å². The maximum absolute atomic E-state index is 12.7. The lowest BCUT2D eigenvalue weighted by atomic mass is 10.0. The summed E-state index contributed by atoms with van der Waals surface area (Å²) < 4.78 is 5.11. The van der Waals surface area contributed by atoms with E-state index in [-0.39, 0.29) is 12.3 Å². The van der Waals surface area contributed by atoms with E-state index in [1.54, 1.807) is 31.4 Å². The summed E-state index contributed by atoms with van der Waals surface area (Å²) in [7, 11) is 3.10. The van der Waals surface area contributed by atoms with Crippen molar-refractivity contribution in [2.75, 3.05) is 14.2 Å². The number of rotatable bonds is 6. The van der Waals surface area contributed by atoms with Crippen molar-refractivity contribution >= 4 is 11.9 Å². The molecule has 25 heavy (non-hydrogen) atoms. The van der Waals surface area contributed by atoms with Crippen molar-refractivity contribution < 1.29 is 19.4 Å². The van der Waals surface area contributed by atoms with Gasteiger partial charge in [-0.1, -0.05) is 29.3 Å². The molecule has 0 bridgehead atoms. The molecule has 5 nitrogen and oxygen atoms in total. The van der Waals surface area contributed by atoms with Crippen LogP contribution in [0.1, 0.15) is 27.0 Å². The van der Waals surface area contributed by atoms with Crippen LogP contribution in [0.25, 0.3) is 0 Å². The molecule has 0 fully saturated rings. The van der Waals surface area contributed by atoms with Gasteiger partial charge in [0.25, 0.3) is 5.91 Å². The van der Waals surface area contributed by atoms with Gasteiger partial charge >= 0.3 is 5.97 Å². The third kappa shape index (κ3) is 4.59. The molecule has 2 aromatic carbocycles. The minimum Gasteiger partial charge on any atom is -0.497 e. The largest absolute Gasteiger partial charge is 0.497 e. The van der Waals surface area contributed by atoms with E-state index in [1.165, 1.54) is 11.9 Å². The van der Waals surface area contributed by atoms with Crippen LogP contribution in [0.3, 0.4) is 0 Å². The van der Waals surface area contributed by atoms with Gasteiger partial charge in [-0.05, 0) is 43.7 Å². The summed E-state index contributed by atoms with van der Waals surface area (Å²) in [5.41, 5.74) is 3.27. The van der Waals surface area contributed by atoms with Gasteiger partial charge in [0.15, 0.2) is 0 Å². The third-order valence-corrected chi connectivity index (χ3v) is 4.13. The van der Waals surface area contributed by atoms with Crippen molar-refractivity contribution in [1.82, 2.24) is 4.90 Å². The Hall–Kier alpha value is -2.82. The highest BCUT2D eigenvalue weighted by atomic mass is 16.5. The molecule has 0 unspecified atom stereocenters. The maximum atomic E-state index is 12.7. The lowest BCUT2D eigenvalue weighted by Crippen LogP contribution is -2.43. The number of hydrogen-bond acceptors (Lipinski definition) is 3. The van der Waals surface area contributed by atoms with Crippen LogP contribution in [-0.4, -0.2) is 42.1 Å². The lowest BCUT2D eigenvalue weighted by Gasteiger charge is -2.25. The Morgan fingerprint density at radius 3 is 2.12 bits per heavy atom. The zero-order valence-electron chi connectivity index (χ0n) is 14.9. The first kappa shape index (κ1) is 18.5. The third-order valence-electron chi connectivity index (χ3n) is 4.13. The number of carbonyl (C=O) groups is 2. The molecule has 0 spiro atoms. The number of carboxylic acids is 1. The number of hydrogen-bond donors (Lipinski definition) is 1. The fourth-order valence-corrected chi connectivity index (χ4v) is 2.82. The average Bonchev–Trinajstić information content (AvgIpc) is 2.57. The first-order chi connectivity index (χ1) is 11.8. The summed E-state index contributed by atoms with van der Waals surface area (Å²) in [5, 5.41) is 9.59. The number of carbonyl (C=O) groups excluding carboxylic acids is 1. The number of methoxy groups -OCH3 is 1. The van der Waals surface area contributed by atoms with Gasteiger partial charge in [-0.25, -0.2) is 4.79 Å². The standard InChI is InChI=1S/C20H23NO4/c1-13-9-14(2)11-16(10-13)19(22)21(3)18(20(23)24)12-15-5-7-17(25-4)8-6-15/h5-11,18H,12H2,1-4H3,(H,23,24)/t18-/m1/s1. The molecule has 5 heteroatoms. The second kappa shape index (κ2) is 7.83. The molecular formula is C20H23NO4. The Balaban J connectivity index is 2.22. The summed E-state index contributed by atoms with van der Waals surface area (Å²) in [6.45, 7) is 3.83. The van der Waals surface area contributed by atoms with Gasteiger partial charge in [0.1, 0.15) is 11.8 Å². The highest BCUT2D eigenvalue weighted by Gasteiger charge is 2.27. The van der Waals surface area contributed by atoms with Crippen LogP contribution in [0.4, 0.5) is 0 Å². The van der Waals surface area contributed by atoms with Gasteiger partial charge in [-0.15, -0.1) is 0 Å². The Labute approximate surface area is 147 Å². The lowest BCUT2D eigenvalue weighted by molar-refractivity contribution is -0.141. The van der Waals surface area contributed by atoms with Crippen molar-refractivity contribution in [2.45, 2.75) is 26.3 Å². The Bertz CT molecular complexity index is 748. The highest BCUT2D eigenvalue weighted by Crippen LogP contribution is 2.17. The fourth-order valence-electron chi connectivity index (χ4n) is 2.82. The van der Waals surface area contributed by atoms with E-state index < -0.39 is 12.0 Å². The predicted molar refractivity (Wildman–Crippen MR) is 96.1 cm³/mol. The van der Waals surface area contributed by atoms with Crippen molar-refractivity contribution in [1.29, 1.82) is 0 Å². The molecule has 1 amide bonds. The van der Waals surface area contributed by atoms with Crippen LogP contribution < -0.4 is 4.74 Å². The fraction of sp³-hybridized carbons (Fsp3) is 0.300. The van der Waals surface area contributed by atoms with Crippen LogP contribution in [0.5, 0.6) is 5.75 Å². The Morgan fingerprint density at radius 2 is 1.64 bits per heavy atom. The topological polar surface area (TPSA) is 66.8 Å². The summed E-state index contributed by atoms with van der Waals surface area (Å²) in [6.07, 6.45) is 0.229. The number of carboxylic acid groups (broad SMARTS) is 1. The number of aryl methyl sites for hydroxylation is 2. The first-order valence-electron chi connectivity index (χ1n) is 8.03. The minimum absolute atomic E-state index is 0.229. The van der Waals surface area contributed by atoms with Crippen LogP contribution in [0, 0.1) is 13.8 Å². The SMILES string of the molecule is COc1ccc(C[C@H](C(=O)O)N(C)C(=O)c2cc(C)cc(C)c2)cc1. The Morgan fingerprint density at radius 1 is 1.08 bits per heavy atom. The van der Waals surface area contributed by atoms with E-state index in [0.29, 0.717) is 11.3 Å². The number of benzene rings is 2. The number of likely N-dealkylation sites (N-methyl/N-ethyl adjacent to an activating group) is 1. The molecule has 132 valence electrons. The van der Waals surface area contributed by atoms with Crippen molar-refractivity contribution in [2.24, 2.45) is 0 Å². The average molecular weight is 341 g/mol. The van der Waals surface area contributed by atoms with Gasteiger partial charge in [-0.2, -0.15) is 0 Å². The summed E-state index contributed by atoms with van der Waals surface area (Å²) in [5.74, 6) is -0.626. The molecule has 0 aliphatic heterocycles. The molecule has 2 rings (SSSR count). The smallest absolute Gasteiger partial charge is 0.326 e. The second-order valence-electron chi connectivity index (χ2n) is 6.20. The second-order valence-corrected chi connectivity index (χ2v) is 6.20. The minimum atomic E-state index is -1.03. The van der Waals surface area contributed by atoms with Gasteiger partial charge in [0.2, 0.25) is 0 Å². The molecule has 0 aliphatic rings. The summed E-state index contributed by atoms with van der Waals surface area (Å²) in [4.78, 5) is 25.7. The molecule has 2 aromatic rings. The normalized spacial score (nSPS) is 11.7. The molecule has 1 N–H and O–H groups in total. The number of nitrogens with zero attached hydrogens (tertiary/aromatic N) is 1. The number of ether oxygens (including phenoxy) is 1. The molecular weight excluding hydrogens is 318 g/mol. The summed E-state index contributed by atoms with van der Waals surface area (Å²) in [6, 6.07) is 11.8. The molecule has 1 atom stereocenters. The summed E-state index contributed by atoms with van der Waals surface area (Å²) >= 11 is 0. The van der Waals surface area contributed by atoms with Gasteiger partial charge < -0.3 is 14.7 Å². The monoisotopic (exact) mass is 341 g/mol. The van der Waals surface area contributed by atoms with Gasteiger partial charge in [0, 0.05) is 19.0 Å².